The molecule has 1 heterocycles. The monoisotopic (exact) mass is 609 g/mol. The lowest BCUT2D eigenvalue weighted by molar-refractivity contribution is -0.138. The van der Waals surface area contributed by atoms with Gasteiger partial charge in [-0.05, 0) is 72.5 Å². The Hall–Kier alpha value is -3.42. The predicted octanol–water partition coefficient (Wildman–Crippen LogP) is 5.09. The number of benzene rings is 3. The number of aliphatic hydroxyl groups excluding tert-OH is 1. The van der Waals surface area contributed by atoms with Gasteiger partial charge in [0.15, 0.2) is 0 Å². The van der Waals surface area contributed by atoms with Gasteiger partial charge in [-0.15, -0.1) is 4.72 Å². The Balaban J connectivity index is 1.48. The number of rotatable bonds is 11. The lowest BCUT2D eigenvalue weighted by Crippen LogP contribution is -2.37. The summed E-state index contributed by atoms with van der Waals surface area (Å²) in [5.41, 5.74) is 2.77. The van der Waals surface area contributed by atoms with Gasteiger partial charge in [0.2, 0.25) is 10.0 Å². The van der Waals surface area contributed by atoms with Crippen molar-refractivity contribution in [2.75, 3.05) is 6.54 Å². The zero-order valence-corrected chi connectivity index (χ0v) is 23.3. The van der Waals surface area contributed by atoms with Gasteiger partial charge < -0.3 is 20.1 Å². The number of alkyl halides is 3. The number of nitrogens with one attached hydrogen (secondary N) is 2. The third-order valence-electron chi connectivity index (χ3n) is 6.44. The van der Waals surface area contributed by atoms with Crippen molar-refractivity contribution in [3.8, 4) is 0 Å². The number of fused-ring (bicyclic) bond motifs is 1. The SMILES string of the molecule is CC(Cc1ccc2c(c1)cc(C(=O)O)n2Cc1ccc(S(=O)(=O)NC(F)(F)F)cc1)NCC(O)c1cccc(Cl)c1. The van der Waals surface area contributed by atoms with E-state index in [9.17, 15) is 36.6 Å². The molecule has 0 aliphatic carbocycles. The summed E-state index contributed by atoms with van der Waals surface area (Å²) in [4.78, 5) is 11.4. The maximum absolute atomic E-state index is 12.5. The summed E-state index contributed by atoms with van der Waals surface area (Å²) in [6.45, 7) is 2.34. The van der Waals surface area contributed by atoms with Gasteiger partial charge in [-0.3, -0.25) is 0 Å². The van der Waals surface area contributed by atoms with Crippen LogP contribution < -0.4 is 10.0 Å². The smallest absolute Gasteiger partial charge is 0.470 e. The number of aliphatic hydroxyl groups is 1. The van der Waals surface area contributed by atoms with Crippen LogP contribution in [0, 0.1) is 0 Å². The molecule has 2 unspecified atom stereocenters. The summed E-state index contributed by atoms with van der Waals surface area (Å²) in [6.07, 6.45) is -5.24. The van der Waals surface area contributed by atoms with Crippen molar-refractivity contribution in [2.45, 2.75) is 43.2 Å². The first-order chi connectivity index (χ1) is 19.2. The van der Waals surface area contributed by atoms with Crippen molar-refractivity contribution >= 4 is 38.5 Å². The fourth-order valence-corrected chi connectivity index (χ4v) is 5.65. The molecule has 0 bridgehead atoms. The fraction of sp³-hybridized carbons (Fsp3) is 0.250. The zero-order valence-electron chi connectivity index (χ0n) is 21.7. The Morgan fingerprint density at radius 3 is 2.34 bits per heavy atom. The van der Waals surface area contributed by atoms with E-state index in [0.29, 0.717) is 44.7 Å². The number of aromatic nitrogens is 1. The summed E-state index contributed by atoms with van der Waals surface area (Å²) in [7, 11) is -4.79. The third-order valence-corrected chi connectivity index (χ3v) is 8.07. The molecule has 2 atom stereocenters. The third kappa shape index (κ3) is 7.86. The van der Waals surface area contributed by atoms with Gasteiger partial charge in [0.1, 0.15) is 5.69 Å². The van der Waals surface area contributed by atoms with E-state index in [1.165, 1.54) is 18.2 Å². The van der Waals surface area contributed by atoms with Gasteiger partial charge in [-0.2, -0.15) is 13.2 Å². The van der Waals surface area contributed by atoms with Crippen LogP contribution in [-0.2, 0) is 23.0 Å². The summed E-state index contributed by atoms with van der Waals surface area (Å²) >= 11 is 6.00. The highest BCUT2D eigenvalue weighted by atomic mass is 35.5. The van der Waals surface area contributed by atoms with Crippen LogP contribution in [0.5, 0.6) is 0 Å². The number of sulfonamides is 1. The number of carbonyl (C=O) groups is 1. The van der Waals surface area contributed by atoms with Crippen LogP contribution in [0.15, 0.2) is 77.7 Å². The molecular weight excluding hydrogens is 583 g/mol. The normalized spacial score (nSPS) is 13.8. The van der Waals surface area contributed by atoms with Crippen LogP contribution in [0.2, 0.25) is 5.02 Å². The Morgan fingerprint density at radius 1 is 1.02 bits per heavy atom. The van der Waals surface area contributed by atoms with Gasteiger partial charge in [0, 0.05) is 35.1 Å². The molecule has 4 N–H and O–H groups in total. The number of hydrogen-bond donors (Lipinski definition) is 4. The molecule has 218 valence electrons. The topological polar surface area (TPSA) is 121 Å². The van der Waals surface area contributed by atoms with E-state index in [-0.39, 0.29) is 18.3 Å². The van der Waals surface area contributed by atoms with E-state index in [1.807, 2.05) is 19.1 Å². The Labute approximate surface area is 239 Å². The lowest BCUT2D eigenvalue weighted by atomic mass is 10.0. The van der Waals surface area contributed by atoms with Gasteiger partial charge in [-0.1, -0.05) is 41.9 Å². The first kappa shape index (κ1) is 30.5. The molecule has 8 nitrogen and oxygen atoms in total. The molecule has 1 aromatic heterocycles. The van der Waals surface area contributed by atoms with Gasteiger partial charge in [0.25, 0.3) is 0 Å². The number of aromatic carboxylic acids is 1. The molecule has 13 heteroatoms. The second-order valence-corrected chi connectivity index (χ2v) is 11.8. The maximum Gasteiger partial charge on any atom is 0.470 e. The van der Waals surface area contributed by atoms with Crippen molar-refractivity contribution in [2.24, 2.45) is 0 Å². The van der Waals surface area contributed by atoms with E-state index in [1.54, 1.807) is 34.9 Å². The minimum Gasteiger partial charge on any atom is -0.477 e. The van der Waals surface area contributed by atoms with Crippen LogP contribution >= 0.6 is 11.6 Å². The Kier molecular flexibility index (Phi) is 9.10. The largest absolute Gasteiger partial charge is 0.477 e. The van der Waals surface area contributed by atoms with Crippen molar-refractivity contribution in [3.05, 3.63) is 100 Å². The predicted molar refractivity (Wildman–Crippen MR) is 148 cm³/mol. The molecule has 0 amide bonds. The molecule has 41 heavy (non-hydrogen) atoms. The van der Waals surface area contributed by atoms with Crippen molar-refractivity contribution in [3.63, 3.8) is 0 Å². The highest BCUT2D eigenvalue weighted by Gasteiger charge is 2.34. The summed E-state index contributed by atoms with van der Waals surface area (Å²) in [5.74, 6) is -1.17. The van der Waals surface area contributed by atoms with E-state index in [0.717, 1.165) is 17.7 Å². The van der Waals surface area contributed by atoms with Crippen LogP contribution in [0.25, 0.3) is 10.9 Å². The fourth-order valence-electron chi connectivity index (χ4n) is 4.53. The van der Waals surface area contributed by atoms with Crippen molar-refractivity contribution in [1.82, 2.24) is 14.6 Å². The van der Waals surface area contributed by atoms with E-state index in [2.05, 4.69) is 5.32 Å². The first-order valence-corrected chi connectivity index (χ1v) is 14.3. The van der Waals surface area contributed by atoms with E-state index >= 15 is 0 Å². The molecule has 0 radical (unpaired) electrons. The molecule has 3 aromatic carbocycles. The number of halogens is 4. The molecule has 4 aromatic rings. The average molecular weight is 610 g/mol. The number of hydrogen-bond acceptors (Lipinski definition) is 5. The molecule has 0 saturated carbocycles. The van der Waals surface area contributed by atoms with Crippen LogP contribution in [0.4, 0.5) is 13.2 Å². The van der Waals surface area contributed by atoms with E-state index in [4.69, 9.17) is 11.6 Å². The minimum absolute atomic E-state index is 0.00315. The maximum atomic E-state index is 12.5. The van der Waals surface area contributed by atoms with Gasteiger partial charge >= 0.3 is 12.3 Å². The van der Waals surface area contributed by atoms with Crippen molar-refractivity contribution in [1.29, 1.82) is 0 Å². The molecule has 0 fully saturated rings. The van der Waals surface area contributed by atoms with Crippen LogP contribution in [0.1, 0.15) is 40.2 Å². The molecule has 0 spiro atoms. The first-order valence-electron chi connectivity index (χ1n) is 12.4. The summed E-state index contributed by atoms with van der Waals surface area (Å²) in [6, 6.07) is 18.8. The van der Waals surface area contributed by atoms with Crippen molar-refractivity contribution < 1.29 is 36.6 Å². The summed E-state index contributed by atoms with van der Waals surface area (Å²) in [5, 5.41) is 24.8. The minimum atomic E-state index is -5.11. The number of carboxylic acids is 1. The van der Waals surface area contributed by atoms with Crippen LogP contribution in [0.3, 0.4) is 0 Å². The second-order valence-electron chi connectivity index (χ2n) is 9.65. The van der Waals surface area contributed by atoms with Crippen LogP contribution in [-0.4, -0.2) is 48.1 Å². The lowest BCUT2D eigenvalue weighted by Gasteiger charge is -2.18. The molecule has 0 saturated heterocycles. The average Bonchev–Trinajstić information content (AvgIpc) is 3.24. The number of carboxylic acid groups (broad SMARTS) is 1. The zero-order chi connectivity index (χ0) is 29.9. The second kappa shape index (κ2) is 12.2. The Bertz CT molecular complexity index is 1660. The molecule has 0 aliphatic heterocycles. The highest BCUT2D eigenvalue weighted by molar-refractivity contribution is 7.89. The standard InChI is InChI=1S/C28H27ClF3N3O5S/c1-17(33-15-26(36)20-3-2-4-22(29)13-20)11-19-7-10-24-21(12-19)14-25(27(37)38)35(24)16-18-5-8-23(9-6-18)41(39,40)34-28(30,31)32/h2-10,12-14,17,26,33-34,36H,11,15-16H2,1H3,(H,37,38). The summed E-state index contributed by atoms with van der Waals surface area (Å²) < 4.78 is 63.6. The number of nitrogens with zero attached hydrogens (tertiary/aromatic N) is 1. The molecular formula is C28H27ClF3N3O5S. The highest BCUT2D eigenvalue weighted by Crippen LogP contribution is 2.25. The molecule has 0 aliphatic rings. The quantitative estimate of drug-likeness (QED) is 0.176. The van der Waals surface area contributed by atoms with E-state index < -0.39 is 33.3 Å². The Morgan fingerprint density at radius 2 is 1.71 bits per heavy atom. The van der Waals surface area contributed by atoms with Gasteiger partial charge in [-0.25, -0.2) is 13.2 Å². The van der Waals surface area contributed by atoms with Gasteiger partial charge in [0.05, 0.1) is 11.0 Å². The molecule has 4 rings (SSSR count).